The van der Waals surface area contributed by atoms with Gasteiger partial charge in [-0.3, -0.25) is 0 Å². The fraction of sp³-hybridized carbons (Fsp3) is 0.438. The molecule has 24 heavy (non-hydrogen) atoms. The van der Waals surface area contributed by atoms with Crippen LogP contribution in [0, 0.1) is 0 Å². The molecule has 2 aromatic rings. The highest BCUT2D eigenvalue weighted by Gasteiger charge is 2.28. The van der Waals surface area contributed by atoms with Crippen molar-refractivity contribution in [2.45, 2.75) is 25.7 Å². The van der Waals surface area contributed by atoms with Crippen molar-refractivity contribution in [1.82, 2.24) is 15.5 Å². The number of hydrogen-bond acceptors (Lipinski definition) is 8. The highest BCUT2D eigenvalue weighted by molar-refractivity contribution is 5.89. The van der Waals surface area contributed by atoms with Crippen molar-refractivity contribution >= 4 is 5.97 Å². The summed E-state index contributed by atoms with van der Waals surface area (Å²) in [5.74, 6) is 1.01. The summed E-state index contributed by atoms with van der Waals surface area (Å²) in [5, 5.41) is 7.20. The highest BCUT2D eigenvalue weighted by Crippen LogP contribution is 2.21. The van der Waals surface area contributed by atoms with Crippen LogP contribution < -0.4 is 10.1 Å². The second-order valence-corrected chi connectivity index (χ2v) is 5.36. The summed E-state index contributed by atoms with van der Waals surface area (Å²) in [6, 6.07) is 6.59. The molecule has 2 atom stereocenters. The Hall–Kier alpha value is -2.45. The lowest BCUT2D eigenvalue weighted by molar-refractivity contribution is -0.00136. The number of benzene rings is 1. The Bertz CT molecular complexity index is 703. The molecule has 1 aliphatic rings. The largest absolute Gasteiger partial charge is 0.485 e. The summed E-state index contributed by atoms with van der Waals surface area (Å²) < 4.78 is 21.1. The van der Waals surface area contributed by atoms with Crippen molar-refractivity contribution in [3.05, 3.63) is 41.5 Å². The number of nitrogens with one attached hydrogen (secondary N) is 1. The standard InChI is InChI=1S/C16H19N3O5/c1-10-14(17-6-7-22-10)15-18-13(19-24-15)9-23-12-5-3-4-11(8-12)16(20)21-2/h3-5,8,10,14,17H,6-7,9H2,1-2H3/t10-,14+/m1/s1. The van der Waals surface area contributed by atoms with E-state index in [0.29, 0.717) is 29.6 Å². The first kappa shape index (κ1) is 16.4. The van der Waals surface area contributed by atoms with Crippen LogP contribution in [0.25, 0.3) is 0 Å². The Morgan fingerprint density at radius 3 is 3.12 bits per heavy atom. The number of esters is 1. The van der Waals surface area contributed by atoms with E-state index in [1.165, 1.54) is 7.11 Å². The van der Waals surface area contributed by atoms with Gasteiger partial charge in [0, 0.05) is 6.54 Å². The molecule has 1 saturated heterocycles. The fourth-order valence-electron chi connectivity index (χ4n) is 2.44. The summed E-state index contributed by atoms with van der Waals surface area (Å²) in [6.07, 6.45) is -0.0373. The second kappa shape index (κ2) is 7.41. The minimum absolute atomic E-state index is 0.0373. The topological polar surface area (TPSA) is 95.7 Å². The van der Waals surface area contributed by atoms with Gasteiger partial charge in [0.25, 0.3) is 0 Å². The summed E-state index contributed by atoms with van der Waals surface area (Å²) in [5.41, 5.74) is 0.418. The number of morpholine rings is 1. The van der Waals surface area contributed by atoms with Crippen molar-refractivity contribution < 1.29 is 23.5 Å². The van der Waals surface area contributed by atoms with Crippen LogP contribution >= 0.6 is 0 Å². The van der Waals surface area contributed by atoms with Crippen molar-refractivity contribution in [3.8, 4) is 5.75 Å². The average Bonchev–Trinajstić information content (AvgIpc) is 3.08. The van der Waals surface area contributed by atoms with Gasteiger partial charge < -0.3 is 24.1 Å². The maximum atomic E-state index is 11.5. The summed E-state index contributed by atoms with van der Waals surface area (Å²) >= 11 is 0. The van der Waals surface area contributed by atoms with Gasteiger partial charge in [0.1, 0.15) is 11.8 Å². The van der Waals surface area contributed by atoms with Gasteiger partial charge in [-0.05, 0) is 25.1 Å². The number of ether oxygens (including phenoxy) is 3. The smallest absolute Gasteiger partial charge is 0.337 e. The van der Waals surface area contributed by atoms with Gasteiger partial charge in [-0.2, -0.15) is 4.98 Å². The molecule has 1 fully saturated rings. The molecule has 1 aromatic heterocycles. The van der Waals surface area contributed by atoms with Crippen molar-refractivity contribution in [3.63, 3.8) is 0 Å². The number of carbonyl (C=O) groups is 1. The lowest BCUT2D eigenvalue weighted by atomic mass is 10.1. The maximum absolute atomic E-state index is 11.5. The van der Waals surface area contributed by atoms with E-state index in [0.717, 1.165) is 6.54 Å². The van der Waals surface area contributed by atoms with E-state index in [1.54, 1.807) is 24.3 Å². The van der Waals surface area contributed by atoms with E-state index in [2.05, 4.69) is 20.2 Å². The third kappa shape index (κ3) is 3.72. The Labute approximate surface area is 139 Å². The molecule has 128 valence electrons. The molecule has 1 N–H and O–H groups in total. The van der Waals surface area contributed by atoms with Gasteiger partial charge in [0.15, 0.2) is 6.61 Å². The molecule has 0 saturated carbocycles. The Morgan fingerprint density at radius 2 is 2.33 bits per heavy atom. The molecule has 0 radical (unpaired) electrons. The lowest BCUT2D eigenvalue weighted by Crippen LogP contribution is -2.40. The molecule has 8 heteroatoms. The molecule has 0 unspecified atom stereocenters. The lowest BCUT2D eigenvalue weighted by Gasteiger charge is -2.27. The van der Waals surface area contributed by atoms with Gasteiger partial charge >= 0.3 is 5.97 Å². The van der Waals surface area contributed by atoms with Crippen LogP contribution in [0.15, 0.2) is 28.8 Å². The summed E-state index contributed by atoms with van der Waals surface area (Å²) in [7, 11) is 1.33. The molecule has 3 rings (SSSR count). The third-order valence-corrected chi connectivity index (χ3v) is 3.69. The zero-order valence-corrected chi connectivity index (χ0v) is 13.5. The van der Waals surface area contributed by atoms with Crippen molar-refractivity contribution in [2.24, 2.45) is 0 Å². The van der Waals surface area contributed by atoms with Crippen LogP contribution in [0.2, 0.25) is 0 Å². The third-order valence-electron chi connectivity index (χ3n) is 3.69. The van der Waals surface area contributed by atoms with Crippen LogP contribution in [0.3, 0.4) is 0 Å². The van der Waals surface area contributed by atoms with Gasteiger partial charge in [-0.15, -0.1) is 0 Å². The van der Waals surface area contributed by atoms with E-state index < -0.39 is 5.97 Å². The van der Waals surface area contributed by atoms with Gasteiger partial charge in [0.05, 0.1) is 25.4 Å². The first-order valence-corrected chi connectivity index (χ1v) is 7.66. The van der Waals surface area contributed by atoms with Gasteiger partial charge in [-0.25, -0.2) is 4.79 Å². The Morgan fingerprint density at radius 1 is 1.46 bits per heavy atom. The SMILES string of the molecule is COC(=O)c1cccc(OCc2noc([C@H]3NCCO[C@@H]3C)n2)c1. The predicted octanol–water partition coefficient (Wildman–Crippen LogP) is 1.48. The minimum atomic E-state index is -0.417. The molecule has 8 nitrogen and oxygen atoms in total. The first-order valence-electron chi connectivity index (χ1n) is 7.66. The van der Waals surface area contributed by atoms with E-state index >= 15 is 0 Å². The van der Waals surface area contributed by atoms with Crippen LogP contribution in [0.1, 0.15) is 35.0 Å². The first-order chi connectivity index (χ1) is 11.7. The molecule has 1 aromatic carbocycles. The molecule has 0 aliphatic carbocycles. The van der Waals surface area contributed by atoms with E-state index in [9.17, 15) is 4.79 Å². The Balaban J connectivity index is 1.62. The van der Waals surface area contributed by atoms with Crippen LogP contribution in [0.4, 0.5) is 0 Å². The van der Waals surface area contributed by atoms with E-state index in [4.69, 9.17) is 14.0 Å². The van der Waals surface area contributed by atoms with Crippen LogP contribution in [0.5, 0.6) is 5.75 Å². The number of rotatable bonds is 5. The predicted molar refractivity (Wildman–Crippen MR) is 82.6 cm³/mol. The van der Waals surface area contributed by atoms with E-state index in [-0.39, 0.29) is 18.8 Å². The van der Waals surface area contributed by atoms with Gasteiger partial charge in [-0.1, -0.05) is 11.2 Å². The van der Waals surface area contributed by atoms with Gasteiger partial charge in [0.2, 0.25) is 11.7 Å². The Kier molecular flexibility index (Phi) is 5.07. The molecule has 2 heterocycles. The van der Waals surface area contributed by atoms with Crippen LogP contribution in [-0.4, -0.2) is 42.5 Å². The molecular weight excluding hydrogens is 314 g/mol. The van der Waals surface area contributed by atoms with Crippen LogP contribution in [-0.2, 0) is 16.1 Å². The monoisotopic (exact) mass is 333 g/mol. The molecule has 1 aliphatic heterocycles. The summed E-state index contributed by atoms with van der Waals surface area (Å²) in [4.78, 5) is 15.8. The van der Waals surface area contributed by atoms with E-state index in [1.807, 2.05) is 6.92 Å². The van der Waals surface area contributed by atoms with Crippen molar-refractivity contribution in [2.75, 3.05) is 20.3 Å². The molecule has 0 amide bonds. The normalized spacial score (nSPS) is 20.6. The minimum Gasteiger partial charge on any atom is -0.485 e. The van der Waals surface area contributed by atoms with Crippen molar-refractivity contribution in [1.29, 1.82) is 0 Å². The zero-order chi connectivity index (χ0) is 16.9. The number of aromatic nitrogens is 2. The number of methoxy groups -OCH3 is 1. The average molecular weight is 333 g/mol. The zero-order valence-electron chi connectivity index (χ0n) is 13.5. The maximum Gasteiger partial charge on any atom is 0.337 e. The molecular formula is C16H19N3O5. The number of nitrogens with zero attached hydrogens (tertiary/aromatic N) is 2. The number of carbonyl (C=O) groups excluding carboxylic acids is 1. The highest BCUT2D eigenvalue weighted by atomic mass is 16.5. The molecule has 0 spiro atoms. The second-order valence-electron chi connectivity index (χ2n) is 5.36. The fourth-order valence-corrected chi connectivity index (χ4v) is 2.44. The molecule has 0 bridgehead atoms. The quantitative estimate of drug-likeness (QED) is 0.822. The summed E-state index contributed by atoms with van der Waals surface area (Å²) in [6.45, 7) is 3.49. The number of hydrogen-bond donors (Lipinski definition) is 1.